The zero-order valence-corrected chi connectivity index (χ0v) is 72.5. The summed E-state index contributed by atoms with van der Waals surface area (Å²) in [6, 6.07) is 37.7. The largest absolute Gasteiger partial charge is 0.212 e. The SMILES string of the molecule is CCC(CC)c1ccc(C)c(-c2cc([Si](C)(C)C)c(C(C)C)c[n+]2C)c1.Cc1cc(C(C)C)ccc1-c1cc([Si](C)(C)C)c(C(C)C)c[n+]1C.Cc1cc(CC(C)C)ccc1-c1cc([Si](C)(C)C)c(C(C)C)c[n+]1C.Cc1ccc(-c2cc([Si](C)(C)C)c(C(C)C)c[n+]2C)c(C)c1. The third kappa shape index (κ3) is 21.2. The highest BCUT2D eigenvalue weighted by Gasteiger charge is 2.32. The van der Waals surface area contributed by atoms with Gasteiger partial charge in [-0.15, -0.1) is 0 Å². The molecule has 0 bridgehead atoms. The summed E-state index contributed by atoms with van der Waals surface area (Å²) in [5, 5.41) is 6.39. The molecule has 4 heterocycles. The van der Waals surface area contributed by atoms with Crippen molar-refractivity contribution in [3.05, 3.63) is 189 Å². The van der Waals surface area contributed by atoms with Gasteiger partial charge in [-0.2, -0.15) is 0 Å². The molecule has 4 nitrogen and oxygen atoms in total. The Hall–Kier alpha value is -5.65. The van der Waals surface area contributed by atoms with E-state index in [0.717, 1.165) is 6.42 Å². The Morgan fingerprint density at radius 2 is 0.619 bits per heavy atom. The van der Waals surface area contributed by atoms with Crippen LogP contribution in [0.25, 0.3) is 45.0 Å². The minimum absolute atomic E-state index is 0.564. The van der Waals surface area contributed by atoms with Crippen molar-refractivity contribution in [1.82, 2.24) is 0 Å². The molecule has 0 unspecified atom stereocenters. The molecule has 0 saturated carbocycles. The molecule has 0 fully saturated rings. The zero-order chi connectivity index (χ0) is 73.5. The van der Waals surface area contributed by atoms with Crippen molar-refractivity contribution in [3.8, 4) is 45.0 Å². The molecule has 0 atom stereocenters. The number of hydrogen-bond acceptors (Lipinski definition) is 0. The molecule has 0 aliphatic rings. The molecule has 0 radical (unpaired) electrons. The molecule has 0 aliphatic carbocycles. The molecule has 526 valence electrons. The lowest BCUT2D eigenvalue weighted by Gasteiger charge is -2.23. The zero-order valence-electron chi connectivity index (χ0n) is 68.5. The van der Waals surface area contributed by atoms with E-state index in [1.807, 2.05) is 0 Å². The van der Waals surface area contributed by atoms with Crippen LogP contribution in [0.2, 0.25) is 78.6 Å². The fourth-order valence-corrected chi connectivity index (χ4v) is 21.3. The normalized spacial score (nSPS) is 12.2. The molecule has 4 aromatic carbocycles. The summed E-state index contributed by atoms with van der Waals surface area (Å²) in [6.07, 6.45) is 13.0. The number of rotatable bonds is 18. The third-order valence-corrected chi connectivity index (χ3v) is 28.2. The van der Waals surface area contributed by atoms with Crippen LogP contribution in [-0.4, -0.2) is 32.3 Å². The van der Waals surface area contributed by atoms with Crippen molar-refractivity contribution in [2.24, 2.45) is 34.1 Å². The Morgan fingerprint density at radius 1 is 0.309 bits per heavy atom. The highest BCUT2D eigenvalue weighted by Crippen LogP contribution is 2.32. The van der Waals surface area contributed by atoms with E-state index in [0.29, 0.717) is 41.4 Å². The summed E-state index contributed by atoms with van der Waals surface area (Å²) in [4.78, 5) is 0. The van der Waals surface area contributed by atoms with Gasteiger partial charge < -0.3 is 0 Å². The van der Waals surface area contributed by atoms with Gasteiger partial charge in [0, 0.05) is 68.8 Å². The van der Waals surface area contributed by atoms with Crippen molar-refractivity contribution in [2.45, 2.75) is 265 Å². The summed E-state index contributed by atoms with van der Waals surface area (Å²) < 4.78 is 9.29. The summed E-state index contributed by atoms with van der Waals surface area (Å²) >= 11 is 0. The lowest BCUT2D eigenvalue weighted by atomic mass is 9.90. The van der Waals surface area contributed by atoms with E-state index in [1.54, 1.807) is 20.7 Å². The average Bonchev–Trinajstić information content (AvgIpc) is 0.797. The number of aryl methyl sites for hydroxylation is 9. The molecule has 0 N–H and O–H groups in total. The lowest BCUT2D eigenvalue weighted by molar-refractivity contribution is -0.660. The summed E-state index contributed by atoms with van der Waals surface area (Å²) in [7, 11) is 3.20. The Kier molecular flexibility index (Phi) is 28.5. The van der Waals surface area contributed by atoms with Gasteiger partial charge in [-0.1, -0.05) is 230 Å². The van der Waals surface area contributed by atoms with Crippen molar-refractivity contribution in [2.75, 3.05) is 0 Å². The number of aromatic nitrogens is 4. The molecular formula is C89H138N4Si4+4. The van der Waals surface area contributed by atoms with Crippen LogP contribution in [-0.2, 0) is 34.6 Å². The average molecular weight is 1380 g/mol. The van der Waals surface area contributed by atoms with Crippen LogP contribution in [0.1, 0.15) is 212 Å². The smallest absolute Gasteiger partial charge is 0.201 e. The maximum atomic E-state index is 2.50. The second-order valence-electron chi connectivity index (χ2n) is 35.1. The molecule has 0 amide bonds. The molecular weight excluding hydrogens is 1240 g/mol. The minimum Gasteiger partial charge on any atom is -0.201 e. The highest BCUT2D eigenvalue weighted by molar-refractivity contribution is 6.90. The predicted molar refractivity (Wildman–Crippen MR) is 440 cm³/mol. The van der Waals surface area contributed by atoms with Gasteiger partial charge in [-0.25, -0.2) is 18.3 Å². The quantitative estimate of drug-likeness (QED) is 0.0601. The molecule has 4 aromatic heterocycles. The van der Waals surface area contributed by atoms with E-state index in [1.165, 1.54) is 125 Å². The van der Waals surface area contributed by atoms with E-state index in [4.69, 9.17) is 0 Å². The van der Waals surface area contributed by atoms with Gasteiger partial charge in [0.15, 0.2) is 24.8 Å². The number of pyridine rings is 4. The maximum absolute atomic E-state index is 2.50. The van der Waals surface area contributed by atoms with Gasteiger partial charge in [0.1, 0.15) is 28.2 Å². The Bertz CT molecular complexity index is 3980. The summed E-state index contributed by atoms with van der Waals surface area (Å²) in [5.41, 5.74) is 28.0. The molecule has 8 aromatic rings. The predicted octanol–water partition coefficient (Wildman–Crippen LogP) is 21.2. The first-order valence-corrected chi connectivity index (χ1v) is 51.3. The van der Waals surface area contributed by atoms with Gasteiger partial charge in [0.25, 0.3) is 0 Å². The van der Waals surface area contributed by atoms with Crippen molar-refractivity contribution in [1.29, 1.82) is 0 Å². The van der Waals surface area contributed by atoms with Gasteiger partial charge >= 0.3 is 0 Å². The first-order valence-electron chi connectivity index (χ1n) is 37.3. The number of nitrogens with zero attached hydrogens (tertiary/aromatic N) is 4. The minimum atomic E-state index is -1.41. The molecule has 8 heteroatoms. The topological polar surface area (TPSA) is 15.5 Å². The standard InChI is InChI=1S/C24H38NSi.C23H36NSi.C22H34NSi.C20H30NSi/c1-10-19(11-2)20-13-12-18(5)21(14-20)23-15-24(26(7,8)9)22(17(3)4)16-25(23)6;1-16(2)12-19-10-11-20(18(5)13-19)22-14-23(25(7,8)9)21(17(3)4)15-24(22)6;1-15(2)18-10-11-19(17(5)12-18)21-13-22(24(7,8)9)20(16(3)4)14-23(21)6;1-14(2)18-13-21(5)19(12-20(18)22(6,7)8)17-10-9-15(3)11-16(17)4/h12-17,19H,10-11H2,1-9H3;10-11,13-17H,12H2,1-9H3;10-16H,1-9H3;9-14H,1-8H3/q4*+1. The van der Waals surface area contributed by atoms with Crippen molar-refractivity contribution < 1.29 is 18.3 Å². The van der Waals surface area contributed by atoms with Crippen LogP contribution >= 0.6 is 0 Å². The number of benzene rings is 4. The first kappa shape index (κ1) is 82.0. The van der Waals surface area contributed by atoms with Crippen LogP contribution in [0.4, 0.5) is 0 Å². The summed E-state index contributed by atoms with van der Waals surface area (Å²) in [6.45, 7) is 72.7. The second-order valence-corrected chi connectivity index (χ2v) is 55.2. The highest BCUT2D eigenvalue weighted by atomic mass is 28.3. The first-order chi connectivity index (χ1) is 44.7. The molecule has 0 saturated heterocycles. The number of hydrogen-bond donors (Lipinski definition) is 0. The second kappa shape index (κ2) is 33.7. The van der Waals surface area contributed by atoms with E-state index in [2.05, 4.69) is 378 Å². The van der Waals surface area contributed by atoms with Gasteiger partial charge in [0.2, 0.25) is 22.8 Å². The van der Waals surface area contributed by atoms with Gasteiger partial charge in [0.05, 0.1) is 32.3 Å². The fourth-order valence-electron chi connectivity index (χ4n) is 14.2. The van der Waals surface area contributed by atoms with E-state index in [-0.39, 0.29) is 0 Å². The van der Waals surface area contributed by atoms with Crippen molar-refractivity contribution in [3.63, 3.8) is 0 Å². The van der Waals surface area contributed by atoms with E-state index < -0.39 is 32.3 Å². The van der Waals surface area contributed by atoms with Crippen LogP contribution in [0.3, 0.4) is 0 Å². The van der Waals surface area contributed by atoms with E-state index >= 15 is 0 Å². The molecule has 0 aliphatic heterocycles. The lowest BCUT2D eigenvalue weighted by Crippen LogP contribution is -2.45. The van der Waals surface area contributed by atoms with E-state index in [9.17, 15) is 0 Å². The van der Waals surface area contributed by atoms with Crippen LogP contribution in [0.5, 0.6) is 0 Å². The van der Waals surface area contributed by atoms with Crippen molar-refractivity contribution >= 4 is 53.0 Å². The maximum Gasteiger partial charge on any atom is 0.212 e. The van der Waals surface area contributed by atoms with Crippen LogP contribution in [0.15, 0.2) is 122 Å². The Balaban J connectivity index is 0.000000234. The Morgan fingerprint density at radius 3 is 0.907 bits per heavy atom. The van der Waals surface area contributed by atoms with Crippen LogP contribution in [0, 0.1) is 40.5 Å². The fraction of sp³-hybridized carbons (Fsp3) is 0.506. The van der Waals surface area contributed by atoms with Gasteiger partial charge in [-0.05, 0) is 179 Å². The summed E-state index contributed by atoms with van der Waals surface area (Å²) in [5.74, 6) is 4.20. The Labute approximate surface area is 600 Å². The molecule has 8 rings (SSSR count). The van der Waals surface area contributed by atoms with Crippen LogP contribution < -0.4 is 39.0 Å². The molecule has 97 heavy (non-hydrogen) atoms. The molecule has 0 spiro atoms. The monoisotopic (exact) mass is 1370 g/mol. The van der Waals surface area contributed by atoms with Gasteiger partial charge in [-0.3, -0.25) is 0 Å². The third-order valence-electron chi connectivity index (χ3n) is 20.0.